The number of methoxy groups -OCH3 is 1. The van der Waals surface area contributed by atoms with Gasteiger partial charge in [-0.3, -0.25) is 52.7 Å². The van der Waals surface area contributed by atoms with Crippen molar-refractivity contribution in [3.63, 3.8) is 0 Å². The molecule has 2 fully saturated rings. The lowest BCUT2D eigenvalue weighted by atomic mass is 9.94. The summed E-state index contributed by atoms with van der Waals surface area (Å²) in [7, 11) is 1.48. The van der Waals surface area contributed by atoms with Crippen LogP contribution in [0.2, 0.25) is 0 Å². The summed E-state index contributed by atoms with van der Waals surface area (Å²) >= 11 is 0. The van der Waals surface area contributed by atoms with E-state index in [-0.39, 0.29) is 69.1 Å². The molecular weight excluding hydrogens is 1320 g/mol. The van der Waals surface area contributed by atoms with Gasteiger partial charge in [0.1, 0.15) is 71.4 Å². The van der Waals surface area contributed by atoms with Crippen LogP contribution in [-0.4, -0.2) is 191 Å². The van der Waals surface area contributed by atoms with Gasteiger partial charge >= 0.3 is 0 Å². The van der Waals surface area contributed by atoms with Gasteiger partial charge in [0.05, 0.1) is 32.3 Å². The Hall–Kier alpha value is -10.2. The summed E-state index contributed by atoms with van der Waals surface area (Å²) in [6, 6.07) is 9.97. The molecule has 2 saturated heterocycles. The van der Waals surface area contributed by atoms with Crippen LogP contribution in [0.3, 0.4) is 0 Å². The van der Waals surface area contributed by atoms with E-state index in [1.807, 2.05) is 26.0 Å². The number of rotatable bonds is 13. The Morgan fingerprint density at radius 1 is 0.686 bits per heavy atom. The highest BCUT2D eigenvalue weighted by Crippen LogP contribution is 2.32. The molecule has 10 amide bonds. The van der Waals surface area contributed by atoms with E-state index < -0.39 is 163 Å². The standard InChI is InChI=1S/C73H90F3N13O13/c1-39(2)38-102-42(5)64-69(97)85-60(27-45-14-18-52(101-8)19-15-45)71(99)89-25-9-23-73(89,7)72(100)86-58(41(4)90)26-44-10-12-46(13-11-44)33-77-24-22-57(82-43(6)91)66(94)80-36-63(92)81-40(3)65(93)83-59(28-47-34-78-55-20-16-49(74)30-53(47)55)67(95)84-61(29-48-35-79-56-21-17-50(75)31-54(48)56)70(98)88-37-51(76)32-62(88)68(96)87-64/h10-21,30-31,34-35,39-40,42,51,57-62,64,77-79H,9,22-29,32-33,36-38H2,1-8H3,(H,80,94)(H,81,92)(H,82,91)(H,83,93)(H,84,95)(H,85,97)(H,86,100)(H,87,96)/t40-,42-,51+,57+,58+,59+,60+,61+,62+,64+,73+/m1/s1. The zero-order chi connectivity index (χ0) is 73.7. The number of Topliss-reactive ketones (excluding diaryl/α,β-unsaturated/α-hetero) is 1. The van der Waals surface area contributed by atoms with Crippen molar-refractivity contribution < 1.29 is 75.4 Å². The van der Waals surface area contributed by atoms with Gasteiger partial charge in [-0.1, -0.05) is 50.2 Å². The van der Waals surface area contributed by atoms with Crippen molar-refractivity contribution in [2.45, 2.75) is 173 Å². The van der Waals surface area contributed by atoms with Crippen molar-refractivity contribution in [2.75, 3.05) is 39.9 Å². The summed E-state index contributed by atoms with van der Waals surface area (Å²) in [5.74, 6) is -9.59. The first-order chi connectivity index (χ1) is 48.6. The van der Waals surface area contributed by atoms with Gasteiger partial charge in [0.2, 0.25) is 59.1 Å². The fourth-order valence-electron chi connectivity index (χ4n) is 13.1. The van der Waals surface area contributed by atoms with Crippen molar-refractivity contribution in [1.82, 2.24) is 67.6 Å². The van der Waals surface area contributed by atoms with Gasteiger partial charge in [0, 0.05) is 86.5 Å². The minimum atomic E-state index is -1.86. The molecule has 11 N–H and O–H groups in total. The zero-order valence-corrected chi connectivity index (χ0v) is 58.3. The van der Waals surface area contributed by atoms with Gasteiger partial charge in [-0.2, -0.15) is 0 Å². The highest BCUT2D eigenvalue weighted by atomic mass is 19.1. The Morgan fingerprint density at radius 3 is 1.91 bits per heavy atom. The van der Waals surface area contributed by atoms with E-state index in [9.17, 15) is 33.2 Å². The number of H-pyrrole nitrogens is 2. The van der Waals surface area contributed by atoms with Crippen LogP contribution in [0.1, 0.15) is 102 Å². The number of benzene rings is 4. The fraction of sp³-hybridized carbons (Fsp3) is 0.466. The Bertz CT molecular complexity index is 4070. The third-order valence-electron chi connectivity index (χ3n) is 18.8. The van der Waals surface area contributed by atoms with Gasteiger partial charge in [-0.15, -0.1) is 0 Å². The van der Waals surface area contributed by atoms with Gasteiger partial charge in [-0.25, -0.2) is 13.2 Å². The first-order valence-corrected chi connectivity index (χ1v) is 34.2. The molecule has 2 aromatic heterocycles. The SMILES string of the molecule is COc1ccc(C[C@@H]2NC(=O)[C@H]([C@@H](C)OCC(C)C)NC(=O)[C@@H]3C[C@H](F)CN3C(=O)[C@H](Cc3c[nH]c4ccc(F)cc34)NC(=O)[C@H](Cc3c[nH]c4ccc(F)cc34)NC(=O)[C@@H](C)NC(=O)CNC(=O)[C@@H](NC(C)=O)CCNCc3ccc(cc3)C[C@@H](C(C)=O)NC(=O)[C@]3(C)CCCN3C2=O)cc1. The number of halogens is 3. The number of amides is 10. The number of hydrogen-bond acceptors (Lipinski definition) is 14. The number of hydrogen-bond donors (Lipinski definition) is 11. The maximum Gasteiger partial charge on any atom is 0.246 e. The van der Waals surface area contributed by atoms with E-state index in [2.05, 4.69) is 57.8 Å². The predicted molar refractivity (Wildman–Crippen MR) is 370 cm³/mol. The Balaban J connectivity index is 1.08. The maximum absolute atomic E-state index is 16.3. The molecule has 4 aromatic carbocycles. The summed E-state index contributed by atoms with van der Waals surface area (Å²) in [6.07, 6.45) is -0.915. The van der Waals surface area contributed by atoms with Gasteiger partial charge < -0.3 is 77.1 Å². The topological polar surface area (TPSA) is 353 Å². The third kappa shape index (κ3) is 19.3. The average molecular weight is 1410 g/mol. The number of nitrogens with zero attached hydrogens (tertiary/aromatic N) is 2. The minimum absolute atomic E-state index is 0.0695. The van der Waals surface area contributed by atoms with Gasteiger partial charge in [-0.05, 0) is 142 Å². The number of ether oxygens (including phenoxy) is 2. The molecule has 0 saturated carbocycles. The number of carbonyl (C=O) groups excluding carboxylic acids is 11. The van der Waals surface area contributed by atoms with Gasteiger partial charge in [0.15, 0.2) is 5.78 Å². The molecule has 11 atom stereocenters. The minimum Gasteiger partial charge on any atom is -0.497 e. The molecule has 2 bridgehead atoms. The van der Waals surface area contributed by atoms with Gasteiger partial charge in [0.25, 0.3) is 0 Å². The lowest BCUT2D eigenvalue weighted by Gasteiger charge is -2.37. The van der Waals surface area contributed by atoms with E-state index in [4.69, 9.17) is 9.47 Å². The molecule has 29 heteroatoms. The monoisotopic (exact) mass is 1410 g/mol. The number of aromatic nitrogens is 2. The summed E-state index contributed by atoms with van der Waals surface area (Å²) in [6.45, 7) is 9.96. The molecule has 0 spiro atoms. The van der Waals surface area contributed by atoms with Crippen LogP contribution in [0, 0.1) is 17.6 Å². The van der Waals surface area contributed by atoms with Crippen LogP contribution in [0.15, 0.2) is 97.3 Å². The van der Waals surface area contributed by atoms with Crippen molar-refractivity contribution in [3.8, 4) is 5.75 Å². The molecule has 6 heterocycles. The molecule has 26 nitrogen and oxygen atoms in total. The zero-order valence-electron chi connectivity index (χ0n) is 58.3. The average Bonchev–Trinajstić information content (AvgIpc) is 1.59. The van der Waals surface area contributed by atoms with E-state index in [0.29, 0.717) is 57.2 Å². The third-order valence-corrected chi connectivity index (χ3v) is 18.8. The van der Waals surface area contributed by atoms with Crippen molar-refractivity contribution in [2.24, 2.45) is 5.92 Å². The molecular formula is C73H90F3N13O13. The largest absolute Gasteiger partial charge is 0.497 e. The summed E-state index contributed by atoms with van der Waals surface area (Å²) in [5.41, 5.74) is 2.00. The van der Waals surface area contributed by atoms with Crippen LogP contribution in [-0.2, 0) is 89.7 Å². The second-order valence-electron chi connectivity index (χ2n) is 27.2. The van der Waals surface area contributed by atoms with Crippen LogP contribution < -0.4 is 52.6 Å². The summed E-state index contributed by atoms with van der Waals surface area (Å²) in [4.78, 5) is 167. The molecule has 0 unspecified atom stereocenters. The Morgan fingerprint density at radius 2 is 1.29 bits per heavy atom. The van der Waals surface area contributed by atoms with Crippen molar-refractivity contribution >= 4 is 86.7 Å². The van der Waals surface area contributed by atoms with Crippen LogP contribution in [0.25, 0.3) is 21.8 Å². The normalized spacial score (nSPS) is 24.9. The van der Waals surface area contributed by atoms with E-state index in [0.717, 1.165) is 10.5 Å². The predicted octanol–water partition coefficient (Wildman–Crippen LogP) is 3.22. The molecule has 0 aliphatic carbocycles. The Labute approximate surface area is 588 Å². The smallest absolute Gasteiger partial charge is 0.246 e. The quantitative estimate of drug-likeness (QED) is 0.0740. The summed E-state index contributed by atoms with van der Waals surface area (Å²) in [5, 5.41) is 25.2. The fourth-order valence-corrected chi connectivity index (χ4v) is 13.1. The molecule has 10 rings (SSSR count). The molecule has 546 valence electrons. The summed E-state index contributed by atoms with van der Waals surface area (Å²) < 4.78 is 57.9. The number of aromatic amines is 2. The Kier molecular flexibility index (Phi) is 25.3. The molecule has 102 heavy (non-hydrogen) atoms. The van der Waals surface area contributed by atoms with E-state index >= 15 is 32.8 Å². The number of nitrogens with one attached hydrogen (secondary N) is 11. The first-order valence-electron chi connectivity index (χ1n) is 34.2. The van der Waals surface area contributed by atoms with Crippen LogP contribution >= 0.6 is 0 Å². The number of alkyl halides is 1. The molecule has 4 aliphatic rings. The highest BCUT2D eigenvalue weighted by molar-refractivity contribution is 6.01. The number of carbonyl (C=O) groups is 11. The van der Waals surface area contributed by atoms with Crippen molar-refractivity contribution in [3.05, 3.63) is 137 Å². The lowest BCUT2D eigenvalue weighted by Crippen LogP contribution is -2.64. The number of ketones is 1. The molecule has 0 radical (unpaired) electrons. The molecule has 4 aliphatic heterocycles. The highest BCUT2D eigenvalue weighted by Gasteiger charge is 2.49. The second-order valence-corrected chi connectivity index (χ2v) is 27.2. The lowest BCUT2D eigenvalue weighted by molar-refractivity contribution is -0.148. The molecule has 6 aromatic rings. The van der Waals surface area contributed by atoms with E-state index in [1.165, 1.54) is 88.5 Å². The van der Waals surface area contributed by atoms with Crippen molar-refractivity contribution in [1.29, 1.82) is 0 Å². The van der Waals surface area contributed by atoms with E-state index in [1.54, 1.807) is 43.3 Å². The van der Waals surface area contributed by atoms with Crippen LogP contribution in [0.5, 0.6) is 5.75 Å². The first kappa shape index (κ1) is 76.0. The van der Waals surface area contributed by atoms with Crippen LogP contribution in [0.4, 0.5) is 13.2 Å². The maximum atomic E-state index is 16.3. The second kappa shape index (κ2) is 34.0. The number of fused-ring (bicyclic) bond motifs is 30.